The lowest BCUT2D eigenvalue weighted by Gasteiger charge is -2.31. The van der Waals surface area contributed by atoms with E-state index < -0.39 is 0 Å². The molecule has 0 N–H and O–H groups in total. The molecule has 5 heteroatoms. The highest BCUT2D eigenvalue weighted by Crippen LogP contribution is 2.22. The van der Waals surface area contributed by atoms with Crippen molar-refractivity contribution < 1.29 is 18.3 Å². The second-order valence-corrected chi connectivity index (χ2v) is 6.21. The van der Waals surface area contributed by atoms with Crippen LogP contribution in [-0.2, 0) is 4.79 Å². The molecule has 1 fully saturated rings. The van der Waals surface area contributed by atoms with Gasteiger partial charge in [0.2, 0.25) is 5.91 Å². The molecule has 0 aliphatic carbocycles. The van der Waals surface area contributed by atoms with E-state index in [2.05, 4.69) is 0 Å². The van der Waals surface area contributed by atoms with Crippen LogP contribution in [-0.4, -0.2) is 30.5 Å². The van der Waals surface area contributed by atoms with Crippen LogP contribution in [0.25, 0.3) is 6.08 Å². The fourth-order valence-electron chi connectivity index (χ4n) is 2.99. The third-order valence-corrected chi connectivity index (χ3v) is 4.45. The Morgan fingerprint density at radius 2 is 2.12 bits per heavy atom. The zero-order valence-electron chi connectivity index (χ0n) is 14.1. The Kier molecular flexibility index (Phi) is 5.88. The van der Waals surface area contributed by atoms with Crippen molar-refractivity contribution >= 4 is 12.0 Å². The van der Waals surface area contributed by atoms with Crippen molar-refractivity contribution in [1.82, 2.24) is 4.90 Å². The number of likely N-dealkylation sites (tertiary alicyclic amines) is 1. The molecule has 0 atom stereocenters. The zero-order chi connectivity index (χ0) is 17.5. The molecule has 1 aliphatic heterocycles. The van der Waals surface area contributed by atoms with E-state index in [0.717, 1.165) is 32.4 Å². The largest absolute Gasteiger partial charge is 0.493 e. The van der Waals surface area contributed by atoms with Gasteiger partial charge in [-0.15, -0.1) is 0 Å². The Balaban J connectivity index is 1.37. The quantitative estimate of drug-likeness (QED) is 0.740. The second-order valence-electron chi connectivity index (χ2n) is 6.21. The van der Waals surface area contributed by atoms with E-state index in [-0.39, 0.29) is 11.7 Å². The molecular formula is C20H22FNO3. The summed E-state index contributed by atoms with van der Waals surface area (Å²) in [6.07, 6.45) is 7.69. The van der Waals surface area contributed by atoms with Crippen molar-refractivity contribution in [3.63, 3.8) is 0 Å². The van der Waals surface area contributed by atoms with Crippen molar-refractivity contribution in [3.8, 4) is 5.75 Å². The predicted molar refractivity (Wildman–Crippen MR) is 93.6 cm³/mol. The summed E-state index contributed by atoms with van der Waals surface area (Å²) in [5, 5.41) is 0. The summed E-state index contributed by atoms with van der Waals surface area (Å²) in [5.41, 5.74) is 0. The standard InChI is InChI=1S/C20H22FNO3/c21-17-3-1-4-19(15-17)25-14-10-16-8-11-22(12-9-16)20(23)7-6-18-5-2-13-24-18/h1-7,13,15-16H,8-12,14H2/b7-6+. The molecule has 4 nitrogen and oxygen atoms in total. The average Bonchev–Trinajstić information content (AvgIpc) is 3.14. The van der Waals surface area contributed by atoms with Gasteiger partial charge in [-0.25, -0.2) is 4.39 Å². The van der Waals surface area contributed by atoms with Crippen molar-refractivity contribution in [2.24, 2.45) is 5.92 Å². The number of furan rings is 1. The highest BCUT2D eigenvalue weighted by Gasteiger charge is 2.21. The molecule has 0 bridgehead atoms. The molecule has 1 aromatic heterocycles. The number of benzene rings is 1. The van der Waals surface area contributed by atoms with Crippen LogP contribution in [0, 0.1) is 11.7 Å². The van der Waals surface area contributed by atoms with Gasteiger partial charge in [0.15, 0.2) is 0 Å². The Morgan fingerprint density at radius 3 is 2.84 bits per heavy atom. The second kappa shape index (κ2) is 8.51. The number of piperidine rings is 1. The molecule has 132 valence electrons. The summed E-state index contributed by atoms with van der Waals surface area (Å²) in [6, 6.07) is 9.81. The zero-order valence-corrected chi connectivity index (χ0v) is 14.1. The smallest absolute Gasteiger partial charge is 0.246 e. The van der Waals surface area contributed by atoms with Crippen LogP contribution in [0.5, 0.6) is 5.75 Å². The Hall–Kier alpha value is -2.56. The van der Waals surface area contributed by atoms with Crippen LogP contribution in [0.15, 0.2) is 53.2 Å². The van der Waals surface area contributed by atoms with Gasteiger partial charge in [-0.1, -0.05) is 6.07 Å². The van der Waals surface area contributed by atoms with Gasteiger partial charge in [0.1, 0.15) is 17.3 Å². The maximum Gasteiger partial charge on any atom is 0.246 e. The van der Waals surface area contributed by atoms with Crippen molar-refractivity contribution in [3.05, 3.63) is 60.3 Å². The van der Waals surface area contributed by atoms with Crippen LogP contribution in [0.1, 0.15) is 25.0 Å². The van der Waals surface area contributed by atoms with Crippen LogP contribution >= 0.6 is 0 Å². The number of rotatable bonds is 6. The lowest BCUT2D eigenvalue weighted by atomic mass is 9.94. The SMILES string of the molecule is O=C(/C=C/c1ccco1)N1CCC(CCOc2cccc(F)c2)CC1. The molecule has 1 aliphatic rings. The van der Waals surface area contributed by atoms with E-state index in [1.54, 1.807) is 36.6 Å². The number of hydrogen-bond acceptors (Lipinski definition) is 3. The number of ether oxygens (including phenoxy) is 1. The summed E-state index contributed by atoms with van der Waals surface area (Å²) in [5.74, 6) is 1.51. The Bertz CT molecular complexity index is 703. The lowest BCUT2D eigenvalue weighted by Crippen LogP contribution is -2.37. The first-order chi connectivity index (χ1) is 12.2. The minimum atomic E-state index is -0.285. The fourth-order valence-corrected chi connectivity index (χ4v) is 2.99. The van der Waals surface area contributed by atoms with Gasteiger partial charge in [-0.2, -0.15) is 0 Å². The maximum atomic E-state index is 13.1. The molecule has 2 heterocycles. The summed E-state index contributed by atoms with van der Waals surface area (Å²) in [4.78, 5) is 14.0. The highest BCUT2D eigenvalue weighted by atomic mass is 19.1. The highest BCUT2D eigenvalue weighted by molar-refractivity contribution is 5.91. The molecule has 0 radical (unpaired) electrons. The van der Waals surface area contributed by atoms with Gasteiger partial charge in [0, 0.05) is 25.2 Å². The van der Waals surface area contributed by atoms with Gasteiger partial charge in [-0.3, -0.25) is 4.79 Å². The molecule has 1 saturated heterocycles. The molecule has 0 saturated carbocycles. The number of carbonyl (C=O) groups excluding carboxylic acids is 1. The van der Waals surface area contributed by atoms with Crippen molar-refractivity contribution in [1.29, 1.82) is 0 Å². The Morgan fingerprint density at radius 1 is 1.28 bits per heavy atom. The van der Waals surface area contributed by atoms with Crippen LogP contribution in [0.4, 0.5) is 4.39 Å². The lowest BCUT2D eigenvalue weighted by molar-refractivity contribution is -0.127. The summed E-state index contributed by atoms with van der Waals surface area (Å²) >= 11 is 0. The van der Waals surface area contributed by atoms with Gasteiger partial charge < -0.3 is 14.1 Å². The first kappa shape index (κ1) is 17.3. The number of carbonyl (C=O) groups is 1. The molecule has 0 unspecified atom stereocenters. The monoisotopic (exact) mass is 343 g/mol. The summed E-state index contributed by atoms with van der Waals surface area (Å²) < 4.78 is 23.9. The normalized spacial score (nSPS) is 15.6. The topological polar surface area (TPSA) is 42.7 Å². The number of nitrogens with zero attached hydrogens (tertiary/aromatic N) is 1. The third kappa shape index (κ3) is 5.21. The van der Waals surface area contributed by atoms with Crippen LogP contribution < -0.4 is 4.74 Å². The first-order valence-electron chi connectivity index (χ1n) is 8.59. The number of amides is 1. The van der Waals surface area contributed by atoms with Crippen molar-refractivity contribution in [2.75, 3.05) is 19.7 Å². The van der Waals surface area contributed by atoms with E-state index in [0.29, 0.717) is 24.0 Å². The van der Waals surface area contributed by atoms with Crippen molar-refractivity contribution in [2.45, 2.75) is 19.3 Å². The van der Waals surface area contributed by atoms with E-state index in [1.165, 1.54) is 12.1 Å². The molecule has 2 aromatic rings. The van der Waals surface area contributed by atoms with E-state index >= 15 is 0 Å². The van der Waals surface area contributed by atoms with E-state index in [1.807, 2.05) is 11.0 Å². The number of halogens is 1. The molecular weight excluding hydrogens is 321 g/mol. The summed E-state index contributed by atoms with van der Waals surface area (Å²) in [6.45, 7) is 2.08. The fraction of sp³-hybridized carbons (Fsp3) is 0.350. The van der Waals surface area contributed by atoms with Gasteiger partial charge in [-0.05, 0) is 55.5 Å². The van der Waals surface area contributed by atoms with E-state index in [4.69, 9.17) is 9.15 Å². The first-order valence-corrected chi connectivity index (χ1v) is 8.59. The maximum absolute atomic E-state index is 13.1. The van der Waals surface area contributed by atoms with Gasteiger partial charge >= 0.3 is 0 Å². The minimum Gasteiger partial charge on any atom is -0.493 e. The van der Waals surface area contributed by atoms with Gasteiger partial charge in [0.05, 0.1) is 12.9 Å². The number of hydrogen-bond donors (Lipinski definition) is 0. The van der Waals surface area contributed by atoms with Crippen LogP contribution in [0.3, 0.4) is 0 Å². The van der Waals surface area contributed by atoms with Crippen LogP contribution in [0.2, 0.25) is 0 Å². The van der Waals surface area contributed by atoms with E-state index in [9.17, 15) is 9.18 Å². The third-order valence-electron chi connectivity index (χ3n) is 4.45. The Labute approximate surface area is 146 Å². The minimum absolute atomic E-state index is 0.0193. The molecule has 25 heavy (non-hydrogen) atoms. The molecule has 0 spiro atoms. The molecule has 3 rings (SSSR count). The molecule has 1 aromatic carbocycles. The van der Waals surface area contributed by atoms with Gasteiger partial charge in [0.25, 0.3) is 0 Å². The predicted octanol–water partition coefficient (Wildman–Crippen LogP) is 4.14. The molecule has 1 amide bonds. The summed E-state index contributed by atoms with van der Waals surface area (Å²) in [7, 11) is 0. The average molecular weight is 343 g/mol.